The van der Waals surface area contributed by atoms with Gasteiger partial charge >= 0.3 is 0 Å². The van der Waals surface area contributed by atoms with Crippen LogP contribution in [0.3, 0.4) is 0 Å². The molecule has 3 heteroatoms. The van der Waals surface area contributed by atoms with Gasteiger partial charge in [0.15, 0.2) is 0 Å². The van der Waals surface area contributed by atoms with Crippen molar-refractivity contribution < 1.29 is 9.50 Å². The van der Waals surface area contributed by atoms with Crippen LogP contribution in [0.15, 0.2) is 42.5 Å². The van der Waals surface area contributed by atoms with Gasteiger partial charge in [0.2, 0.25) is 0 Å². The zero-order valence-corrected chi connectivity index (χ0v) is 11.1. The van der Waals surface area contributed by atoms with Gasteiger partial charge in [-0.05, 0) is 48.6 Å². The largest absolute Gasteiger partial charge is 0.380 e. The lowest BCUT2D eigenvalue weighted by molar-refractivity contribution is 0.0614. The standard InChI is InChI=1S/C16H14ClFO/c17-15-8-7-12(18)10-14(15)16(19)9-3-5-11-4-1-2-6-13(11)16/h1-2,4,6-8,10,19H,3,5,9H2. The molecule has 19 heavy (non-hydrogen) atoms. The Morgan fingerprint density at radius 3 is 2.74 bits per heavy atom. The van der Waals surface area contributed by atoms with Gasteiger partial charge in [0.25, 0.3) is 0 Å². The topological polar surface area (TPSA) is 20.2 Å². The summed E-state index contributed by atoms with van der Waals surface area (Å²) < 4.78 is 13.5. The van der Waals surface area contributed by atoms with Gasteiger partial charge in [-0.2, -0.15) is 0 Å². The minimum Gasteiger partial charge on any atom is -0.380 e. The molecule has 1 nitrogen and oxygen atoms in total. The van der Waals surface area contributed by atoms with Gasteiger partial charge in [0.1, 0.15) is 11.4 Å². The average Bonchev–Trinajstić information content (AvgIpc) is 2.42. The summed E-state index contributed by atoms with van der Waals surface area (Å²) in [5.41, 5.74) is 1.22. The van der Waals surface area contributed by atoms with Crippen molar-refractivity contribution in [3.8, 4) is 0 Å². The van der Waals surface area contributed by atoms with E-state index in [1.165, 1.54) is 18.2 Å². The van der Waals surface area contributed by atoms with Crippen LogP contribution in [0.4, 0.5) is 4.39 Å². The third kappa shape index (κ3) is 2.05. The molecule has 0 fully saturated rings. The summed E-state index contributed by atoms with van der Waals surface area (Å²) in [7, 11) is 0. The summed E-state index contributed by atoms with van der Waals surface area (Å²) in [6.07, 6.45) is 2.36. The van der Waals surface area contributed by atoms with Crippen molar-refractivity contribution in [2.75, 3.05) is 0 Å². The first-order valence-electron chi connectivity index (χ1n) is 6.37. The lowest BCUT2D eigenvalue weighted by atomic mass is 9.75. The Hall–Kier alpha value is -1.38. The highest BCUT2D eigenvalue weighted by Crippen LogP contribution is 2.43. The van der Waals surface area contributed by atoms with Crippen molar-refractivity contribution >= 4 is 11.6 Å². The maximum atomic E-state index is 13.5. The van der Waals surface area contributed by atoms with Gasteiger partial charge in [-0.1, -0.05) is 35.9 Å². The molecule has 0 spiro atoms. The first-order valence-corrected chi connectivity index (χ1v) is 6.75. The van der Waals surface area contributed by atoms with E-state index in [1.807, 2.05) is 24.3 Å². The average molecular weight is 277 g/mol. The number of hydrogen-bond acceptors (Lipinski definition) is 1. The van der Waals surface area contributed by atoms with Gasteiger partial charge in [0, 0.05) is 10.6 Å². The predicted molar refractivity (Wildman–Crippen MR) is 73.8 cm³/mol. The molecular weight excluding hydrogens is 263 g/mol. The smallest absolute Gasteiger partial charge is 0.123 e. The molecule has 0 bridgehead atoms. The number of halogens is 2. The summed E-state index contributed by atoms with van der Waals surface area (Å²) in [6.45, 7) is 0. The van der Waals surface area contributed by atoms with Crippen LogP contribution >= 0.6 is 11.6 Å². The van der Waals surface area contributed by atoms with Crippen molar-refractivity contribution in [2.45, 2.75) is 24.9 Å². The molecule has 1 N–H and O–H groups in total. The molecule has 2 aromatic rings. The summed E-state index contributed by atoms with van der Waals surface area (Å²) in [5.74, 6) is -0.379. The van der Waals surface area contributed by atoms with Gasteiger partial charge in [-0.25, -0.2) is 4.39 Å². The lowest BCUT2D eigenvalue weighted by Crippen LogP contribution is -2.32. The van der Waals surface area contributed by atoms with E-state index in [2.05, 4.69) is 0 Å². The SMILES string of the molecule is OC1(c2cc(F)ccc2Cl)CCCc2ccccc21. The molecule has 0 heterocycles. The first kappa shape index (κ1) is 12.6. The highest BCUT2D eigenvalue weighted by atomic mass is 35.5. The van der Waals surface area contributed by atoms with Crippen LogP contribution in [-0.4, -0.2) is 5.11 Å². The molecule has 0 aromatic heterocycles. The summed E-state index contributed by atoms with van der Waals surface area (Å²) in [5, 5.41) is 11.5. The number of hydrogen-bond donors (Lipinski definition) is 1. The maximum Gasteiger partial charge on any atom is 0.123 e. The third-order valence-electron chi connectivity index (χ3n) is 3.82. The van der Waals surface area contributed by atoms with Crippen LogP contribution in [0.1, 0.15) is 29.5 Å². The second-order valence-electron chi connectivity index (χ2n) is 5.00. The molecule has 0 radical (unpaired) electrons. The summed E-state index contributed by atoms with van der Waals surface area (Å²) in [6, 6.07) is 11.9. The van der Waals surface area contributed by atoms with E-state index in [4.69, 9.17) is 11.6 Å². The molecule has 2 aromatic carbocycles. The third-order valence-corrected chi connectivity index (χ3v) is 4.15. The Labute approximate surface area is 116 Å². The molecule has 1 aliphatic rings. The second kappa shape index (κ2) is 4.62. The Kier molecular flexibility index (Phi) is 3.08. The molecule has 1 aliphatic carbocycles. The van der Waals surface area contributed by atoms with Crippen LogP contribution in [-0.2, 0) is 12.0 Å². The molecule has 0 aliphatic heterocycles. The van der Waals surface area contributed by atoms with Crippen LogP contribution in [0.25, 0.3) is 0 Å². The normalized spacial score (nSPS) is 22.1. The minimum atomic E-state index is -1.19. The van der Waals surface area contributed by atoms with Crippen LogP contribution in [0.2, 0.25) is 5.02 Å². The number of fused-ring (bicyclic) bond motifs is 1. The fourth-order valence-corrected chi connectivity index (χ4v) is 3.18. The zero-order valence-electron chi connectivity index (χ0n) is 10.4. The highest BCUT2D eigenvalue weighted by Gasteiger charge is 2.37. The molecule has 98 valence electrons. The molecule has 0 saturated heterocycles. The monoisotopic (exact) mass is 276 g/mol. The van der Waals surface area contributed by atoms with E-state index in [9.17, 15) is 9.50 Å². The Morgan fingerprint density at radius 1 is 1.11 bits per heavy atom. The fraction of sp³-hybridized carbons (Fsp3) is 0.250. The van der Waals surface area contributed by atoms with Crippen LogP contribution in [0.5, 0.6) is 0 Å². The van der Waals surface area contributed by atoms with Crippen molar-refractivity contribution in [3.05, 3.63) is 70.0 Å². The maximum absolute atomic E-state index is 13.5. The van der Waals surface area contributed by atoms with Gasteiger partial charge in [-0.15, -0.1) is 0 Å². The van der Waals surface area contributed by atoms with E-state index in [0.717, 1.165) is 24.0 Å². The van der Waals surface area contributed by atoms with Gasteiger partial charge < -0.3 is 5.11 Å². The number of rotatable bonds is 1. The van der Waals surface area contributed by atoms with Crippen molar-refractivity contribution in [3.63, 3.8) is 0 Å². The Bertz CT molecular complexity index is 626. The van der Waals surface area contributed by atoms with E-state index in [1.54, 1.807) is 0 Å². The first-order chi connectivity index (χ1) is 9.11. The minimum absolute atomic E-state index is 0.379. The van der Waals surface area contributed by atoms with E-state index in [0.29, 0.717) is 17.0 Å². The summed E-state index contributed by atoms with van der Waals surface area (Å²) >= 11 is 6.16. The van der Waals surface area contributed by atoms with Crippen molar-refractivity contribution in [2.24, 2.45) is 0 Å². The molecular formula is C16H14ClFO. The zero-order chi connectivity index (χ0) is 13.5. The van der Waals surface area contributed by atoms with Crippen LogP contribution in [0, 0.1) is 5.82 Å². The number of aliphatic hydroxyl groups is 1. The van der Waals surface area contributed by atoms with Gasteiger partial charge in [-0.3, -0.25) is 0 Å². The molecule has 1 unspecified atom stereocenters. The number of benzene rings is 2. The number of aryl methyl sites for hydroxylation is 1. The molecule has 0 saturated carbocycles. The predicted octanol–water partition coefficient (Wildman–Crippen LogP) is 4.05. The van der Waals surface area contributed by atoms with Crippen molar-refractivity contribution in [1.82, 2.24) is 0 Å². The van der Waals surface area contributed by atoms with E-state index >= 15 is 0 Å². The Morgan fingerprint density at radius 2 is 1.89 bits per heavy atom. The lowest BCUT2D eigenvalue weighted by Gasteiger charge is -2.35. The highest BCUT2D eigenvalue weighted by molar-refractivity contribution is 6.31. The van der Waals surface area contributed by atoms with Gasteiger partial charge in [0.05, 0.1) is 0 Å². The summed E-state index contributed by atoms with van der Waals surface area (Å²) in [4.78, 5) is 0. The second-order valence-corrected chi connectivity index (χ2v) is 5.40. The van der Waals surface area contributed by atoms with E-state index in [-0.39, 0.29) is 5.82 Å². The van der Waals surface area contributed by atoms with E-state index < -0.39 is 5.60 Å². The molecule has 0 amide bonds. The van der Waals surface area contributed by atoms with Crippen LogP contribution < -0.4 is 0 Å². The van der Waals surface area contributed by atoms with Crippen molar-refractivity contribution in [1.29, 1.82) is 0 Å². The quantitative estimate of drug-likeness (QED) is 0.833. The Balaban J connectivity index is 2.21. The molecule has 3 rings (SSSR count). The molecule has 1 atom stereocenters. The fourth-order valence-electron chi connectivity index (χ4n) is 2.91.